The summed E-state index contributed by atoms with van der Waals surface area (Å²) in [5.41, 5.74) is 0.886. The quantitative estimate of drug-likeness (QED) is 0.831. The summed E-state index contributed by atoms with van der Waals surface area (Å²) in [5.74, 6) is 0. The van der Waals surface area contributed by atoms with Crippen molar-refractivity contribution in [2.45, 2.75) is 95.8 Å². The molecular formula is C17H31NO. The Morgan fingerprint density at radius 3 is 2.32 bits per heavy atom. The normalized spacial score (nSPS) is 34.1. The SMILES string of the molecule is CC1(C)CCC(NCC2CCC3(CCCC3)O2)CC1. The van der Waals surface area contributed by atoms with E-state index in [1.165, 1.54) is 64.2 Å². The molecule has 1 heterocycles. The molecule has 1 atom stereocenters. The molecule has 0 aromatic rings. The van der Waals surface area contributed by atoms with Crippen molar-refractivity contribution in [1.29, 1.82) is 0 Å². The smallest absolute Gasteiger partial charge is 0.0708 e. The van der Waals surface area contributed by atoms with Crippen molar-refractivity contribution in [3.63, 3.8) is 0 Å². The van der Waals surface area contributed by atoms with Crippen molar-refractivity contribution < 1.29 is 4.74 Å². The number of rotatable bonds is 3. The highest BCUT2D eigenvalue weighted by atomic mass is 16.5. The molecule has 0 aromatic carbocycles. The van der Waals surface area contributed by atoms with Gasteiger partial charge in [0.05, 0.1) is 11.7 Å². The molecule has 2 aliphatic carbocycles. The standard InChI is InChI=1S/C17H31NO/c1-16(2)10-5-14(6-11-16)18-13-15-7-12-17(19-15)8-3-4-9-17/h14-15,18H,3-13H2,1-2H3. The van der Waals surface area contributed by atoms with Crippen molar-refractivity contribution in [2.24, 2.45) is 5.41 Å². The molecule has 1 spiro atoms. The Hall–Kier alpha value is -0.0800. The third kappa shape index (κ3) is 3.33. The first-order chi connectivity index (χ1) is 9.07. The van der Waals surface area contributed by atoms with Gasteiger partial charge in [-0.15, -0.1) is 0 Å². The van der Waals surface area contributed by atoms with Crippen LogP contribution in [0, 0.1) is 5.41 Å². The lowest BCUT2D eigenvalue weighted by molar-refractivity contribution is -0.0364. The van der Waals surface area contributed by atoms with Gasteiger partial charge in [0.15, 0.2) is 0 Å². The largest absolute Gasteiger partial charge is 0.370 e. The zero-order valence-electron chi connectivity index (χ0n) is 12.8. The molecule has 0 aromatic heterocycles. The highest BCUT2D eigenvalue weighted by molar-refractivity contribution is 4.93. The van der Waals surface area contributed by atoms with E-state index < -0.39 is 0 Å². The van der Waals surface area contributed by atoms with E-state index in [2.05, 4.69) is 19.2 Å². The van der Waals surface area contributed by atoms with Gasteiger partial charge in [0.1, 0.15) is 0 Å². The monoisotopic (exact) mass is 265 g/mol. The van der Waals surface area contributed by atoms with Crippen LogP contribution in [0.25, 0.3) is 0 Å². The van der Waals surface area contributed by atoms with Crippen LogP contribution in [0.5, 0.6) is 0 Å². The molecule has 1 unspecified atom stereocenters. The van der Waals surface area contributed by atoms with Crippen LogP contribution in [0.3, 0.4) is 0 Å². The second-order valence-corrected chi connectivity index (χ2v) is 8.02. The number of hydrogen-bond donors (Lipinski definition) is 1. The molecule has 1 saturated heterocycles. The zero-order valence-corrected chi connectivity index (χ0v) is 12.8. The summed E-state index contributed by atoms with van der Waals surface area (Å²) >= 11 is 0. The van der Waals surface area contributed by atoms with Gasteiger partial charge in [-0.3, -0.25) is 0 Å². The molecule has 0 bridgehead atoms. The first-order valence-corrected chi connectivity index (χ1v) is 8.48. The Labute approximate surface area is 118 Å². The average molecular weight is 265 g/mol. The summed E-state index contributed by atoms with van der Waals surface area (Å²) in [7, 11) is 0. The number of hydrogen-bond acceptors (Lipinski definition) is 2. The maximum absolute atomic E-state index is 6.38. The number of nitrogens with one attached hydrogen (secondary N) is 1. The molecule has 1 N–H and O–H groups in total. The van der Waals surface area contributed by atoms with Crippen molar-refractivity contribution in [1.82, 2.24) is 5.32 Å². The van der Waals surface area contributed by atoms with Crippen LogP contribution in [0.1, 0.15) is 78.1 Å². The first kappa shape index (κ1) is 13.9. The summed E-state index contributed by atoms with van der Waals surface area (Å²) < 4.78 is 6.38. The lowest BCUT2D eigenvalue weighted by Gasteiger charge is -2.35. The Kier molecular flexibility index (Phi) is 3.92. The van der Waals surface area contributed by atoms with Crippen molar-refractivity contribution in [2.75, 3.05) is 6.54 Å². The topological polar surface area (TPSA) is 21.3 Å². The summed E-state index contributed by atoms with van der Waals surface area (Å²) in [6.45, 7) is 5.91. The summed E-state index contributed by atoms with van der Waals surface area (Å²) in [5, 5.41) is 3.78. The van der Waals surface area contributed by atoms with Gasteiger partial charge in [0, 0.05) is 12.6 Å². The maximum atomic E-state index is 6.38. The van der Waals surface area contributed by atoms with E-state index in [9.17, 15) is 0 Å². The van der Waals surface area contributed by atoms with E-state index in [-0.39, 0.29) is 0 Å². The van der Waals surface area contributed by atoms with E-state index in [1.54, 1.807) is 0 Å². The second-order valence-electron chi connectivity index (χ2n) is 8.02. The fraction of sp³-hybridized carbons (Fsp3) is 1.00. The van der Waals surface area contributed by atoms with Crippen molar-refractivity contribution in [3.8, 4) is 0 Å². The minimum absolute atomic E-state index is 0.306. The Morgan fingerprint density at radius 1 is 0.947 bits per heavy atom. The van der Waals surface area contributed by atoms with Crippen LogP contribution in [0.2, 0.25) is 0 Å². The maximum Gasteiger partial charge on any atom is 0.0708 e. The van der Waals surface area contributed by atoms with Gasteiger partial charge in [-0.05, 0) is 56.8 Å². The number of ether oxygens (including phenoxy) is 1. The van der Waals surface area contributed by atoms with E-state index in [4.69, 9.17) is 4.74 Å². The van der Waals surface area contributed by atoms with Crippen LogP contribution in [0.15, 0.2) is 0 Å². The summed E-state index contributed by atoms with van der Waals surface area (Å²) in [4.78, 5) is 0. The molecule has 2 nitrogen and oxygen atoms in total. The minimum Gasteiger partial charge on any atom is -0.370 e. The molecule has 3 aliphatic rings. The van der Waals surface area contributed by atoms with Gasteiger partial charge in [0.25, 0.3) is 0 Å². The average Bonchev–Trinajstić information content (AvgIpc) is 2.99. The van der Waals surface area contributed by atoms with E-state index in [0.29, 0.717) is 17.1 Å². The zero-order chi connectivity index (χ0) is 13.3. The fourth-order valence-electron chi connectivity index (χ4n) is 4.33. The molecule has 1 aliphatic heterocycles. The van der Waals surface area contributed by atoms with Gasteiger partial charge in [-0.2, -0.15) is 0 Å². The molecule has 110 valence electrons. The summed E-state index contributed by atoms with van der Waals surface area (Å²) in [6, 6.07) is 0.747. The van der Waals surface area contributed by atoms with Gasteiger partial charge < -0.3 is 10.1 Å². The molecule has 3 rings (SSSR count). The third-order valence-electron chi connectivity index (χ3n) is 5.83. The lowest BCUT2D eigenvalue weighted by Crippen LogP contribution is -2.40. The van der Waals surface area contributed by atoms with Gasteiger partial charge in [-0.25, -0.2) is 0 Å². The van der Waals surface area contributed by atoms with Gasteiger partial charge >= 0.3 is 0 Å². The van der Waals surface area contributed by atoms with Crippen LogP contribution in [0.4, 0.5) is 0 Å². The Morgan fingerprint density at radius 2 is 1.63 bits per heavy atom. The van der Waals surface area contributed by atoms with Crippen LogP contribution in [-0.4, -0.2) is 24.3 Å². The Bertz CT molecular complexity index is 296. The third-order valence-corrected chi connectivity index (χ3v) is 5.83. The molecule has 0 radical (unpaired) electrons. The van der Waals surface area contributed by atoms with E-state index in [0.717, 1.165) is 12.6 Å². The van der Waals surface area contributed by atoms with Crippen LogP contribution in [-0.2, 0) is 4.74 Å². The van der Waals surface area contributed by atoms with E-state index >= 15 is 0 Å². The Balaban J connectivity index is 1.39. The highest BCUT2D eigenvalue weighted by Crippen LogP contribution is 2.43. The lowest BCUT2D eigenvalue weighted by atomic mass is 9.75. The molecular weight excluding hydrogens is 234 g/mol. The molecule has 2 heteroatoms. The highest BCUT2D eigenvalue weighted by Gasteiger charge is 2.42. The van der Waals surface area contributed by atoms with Crippen LogP contribution < -0.4 is 5.32 Å². The van der Waals surface area contributed by atoms with Crippen molar-refractivity contribution in [3.05, 3.63) is 0 Å². The van der Waals surface area contributed by atoms with Gasteiger partial charge in [0.2, 0.25) is 0 Å². The molecule has 19 heavy (non-hydrogen) atoms. The van der Waals surface area contributed by atoms with Crippen LogP contribution >= 0.6 is 0 Å². The minimum atomic E-state index is 0.306. The predicted octanol–water partition coefficient (Wildman–Crippen LogP) is 4.04. The summed E-state index contributed by atoms with van der Waals surface area (Å²) in [6.07, 6.45) is 14.0. The second kappa shape index (κ2) is 5.37. The fourth-order valence-corrected chi connectivity index (χ4v) is 4.33. The first-order valence-electron chi connectivity index (χ1n) is 8.48. The van der Waals surface area contributed by atoms with Gasteiger partial charge in [-0.1, -0.05) is 26.7 Å². The van der Waals surface area contributed by atoms with Crippen molar-refractivity contribution >= 4 is 0 Å². The predicted molar refractivity (Wildman–Crippen MR) is 79.3 cm³/mol. The molecule has 0 amide bonds. The molecule has 2 saturated carbocycles. The molecule has 3 fully saturated rings. The van der Waals surface area contributed by atoms with E-state index in [1.807, 2.05) is 0 Å².